The van der Waals surface area contributed by atoms with Crippen LogP contribution in [0.15, 0.2) is 0 Å². The minimum Gasteiger partial charge on any atom is -0.383 e. The molecule has 104 valence electrons. The van der Waals surface area contributed by atoms with E-state index >= 15 is 0 Å². The van der Waals surface area contributed by atoms with Gasteiger partial charge in [0.2, 0.25) is 5.91 Å². The van der Waals surface area contributed by atoms with Gasteiger partial charge in [-0.25, -0.2) is 0 Å². The average Bonchev–Trinajstić information content (AvgIpc) is 2.58. The van der Waals surface area contributed by atoms with Gasteiger partial charge in [0.25, 0.3) is 5.91 Å². The van der Waals surface area contributed by atoms with Gasteiger partial charge in [-0.05, 0) is 6.42 Å². The van der Waals surface area contributed by atoms with Gasteiger partial charge in [0.15, 0.2) is 0 Å². The van der Waals surface area contributed by atoms with E-state index in [-0.39, 0.29) is 12.3 Å². The number of amides is 2. The molecule has 1 saturated heterocycles. The normalized spacial score (nSPS) is 19.9. The molecule has 1 unspecified atom stereocenters. The van der Waals surface area contributed by atoms with Crippen molar-refractivity contribution in [3.63, 3.8) is 0 Å². The second kappa shape index (κ2) is 8.25. The maximum Gasteiger partial charge on any atom is 0.258 e. The van der Waals surface area contributed by atoms with E-state index in [0.717, 1.165) is 12.8 Å². The van der Waals surface area contributed by atoms with Crippen LogP contribution >= 0.6 is 0 Å². The number of hydrogen-bond acceptors (Lipinski definition) is 3. The highest BCUT2D eigenvalue weighted by Crippen LogP contribution is 2.14. The molecule has 0 aromatic heterocycles. The van der Waals surface area contributed by atoms with Crippen LogP contribution in [0.1, 0.15) is 64.7 Å². The molecule has 4 nitrogen and oxygen atoms in total. The third kappa shape index (κ3) is 4.77. The Kier molecular flexibility index (Phi) is 6.94. The van der Waals surface area contributed by atoms with Crippen molar-refractivity contribution in [1.82, 2.24) is 4.90 Å². The zero-order valence-corrected chi connectivity index (χ0v) is 11.4. The molecule has 1 heterocycles. The standard InChI is InChI=1S/C14H25NO3/c1-2-3-4-5-6-7-8-9-10-15-13(17)11-12(16)14(15)18/h12,16H,2-11H2,1H3. The van der Waals surface area contributed by atoms with E-state index in [2.05, 4.69) is 6.92 Å². The summed E-state index contributed by atoms with van der Waals surface area (Å²) in [6, 6.07) is 0. The molecule has 0 saturated carbocycles. The minimum absolute atomic E-state index is 0.0319. The zero-order chi connectivity index (χ0) is 13.4. The van der Waals surface area contributed by atoms with E-state index in [1.807, 2.05) is 0 Å². The number of carbonyl (C=O) groups is 2. The molecule has 0 aliphatic carbocycles. The Labute approximate surface area is 109 Å². The molecular formula is C14H25NO3. The lowest BCUT2D eigenvalue weighted by Gasteiger charge is -2.13. The van der Waals surface area contributed by atoms with E-state index in [1.54, 1.807) is 0 Å². The Morgan fingerprint density at radius 1 is 1.06 bits per heavy atom. The first kappa shape index (κ1) is 15.2. The zero-order valence-electron chi connectivity index (χ0n) is 11.4. The Balaban J connectivity index is 2.01. The van der Waals surface area contributed by atoms with Gasteiger partial charge in [-0.2, -0.15) is 0 Å². The van der Waals surface area contributed by atoms with E-state index < -0.39 is 12.0 Å². The van der Waals surface area contributed by atoms with E-state index in [4.69, 9.17) is 0 Å². The van der Waals surface area contributed by atoms with Crippen molar-refractivity contribution in [2.75, 3.05) is 6.54 Å². The summed E-state index contributed by atoms with van der Waals surface area (Å²) in [5.41, 5.74) is 0. The van der Waals surface area contributed by atoms with Crippen LogP contribution in [0.2, 0.25) is 0 Å². The molecule has 1 rings (SSSR count). The molecule has 1 N–H and O–H groups in total. The molecule has 0 bridgehead atoms. The van der Waals surface area contributed by atoms with Gasteiger partial charge < -0.3 is 5.11 Å². The Hall–Kier alpha value is -0.900. The number of hydrogen-bond donors (Lipinski definition) is 1. The van der Waals surface area contributed by atoms with Crippen LogP contribution in [0, 0.1) is 0 Å². The highest BCUT2D eigenvalue weighted by molar-refractivity contribution is 6.04. The fraction of sp³-hybridized carbons (Fsp3) is 0.857. The van der Waals surface area contributed by atoms with Crippen molar-refractivity contribution in [2.24, 2.45) is 0 Å². The fourth-order valence-corrected chi connectivity index (χ4v) is 2.30. The Bertz CT molecular complexity index is 278. The number of carbonyl (C=O) groups excluding carboxylic acids is 2. The minimum atomic E-state index is -1.09. The molecule has 1 aliphatic heterocycles. The Morgan fingerprint density at radius 2 is 1.61 bits per heavy atom. The van der Waals surface area contributed by atoms with Crippen LogP contribution in [0.4, 0.5) is 0 Å². The van der Waals surface area contributed by atoms with Crippen LogP contribution < -0.4 is 0 Å². The third-order valence-corrected chi connectivity index (χ3v) is 3.46. The number of nitrogens with zero attached hydrogens (tertiary/aromatic N) is 1. The number of likely N-dealkylation sites (tertiary alicyclic amines) is 1. The van der Waals surface area contributed by atoms with Gasteiger partial charge in [-0.1, -0.05) is 51.9 Å². The Morgan fingerprint density at radius 3 is 2.11 bits per heavy atom. The molecule has 1 atom stereocenters. The summed E-state index contributed by atoms with van der Waals surface area (Å²) >= 11 is 0. The van der Waals surface area contributed by atoms with Crippen LogP contribution in [-0.2, 0) is 9.59 Å². The molecule has 18 heavy (non-hydrogen) atoms. The maximum absolute atomic E-state index is 11.4. The second-order valence-corrected chi connectivity index (χ2v) is 5.08. The van der Waals surface area contributed by atoms with E-state index in [0.29, 0.717) is 6.54 Å². The summed E-state index contributed by atoms with van der Waals surface area (Å²) < 4.78 is 0. The summed E-state index contributed by atoms with van der Waals surface area (Å²) in [6.07, 6.45) is 8.38. The van der Waals surface area contributed by atoms with Gasteiger partial charge in [0.1, 0.15) is 6.10 Å². The molecule has 2 amide bonds. The number of aliphatic hydroxyl groups excluding tert-OH is 1. The second-order valence-electron chi connectivity index (χ2n) is 5.08. The first-order valence-corrected chi connectivity index (χ1v) is 7.19. The van der Waals surface area contributed by atoms with E-state index in [9.17, 15) is 14.7 Å². The van der Waals surface area contributed by atoms with Gasteiger partial charge in [0.05, 0.1) is 6.42 Å². The summed E-state index contributed by atoms with van der Waals surface area (Å²) in [7, 11) is 0. The van der Waals surface area contributed by atoms with Crippen LogP contribution in [0.5, 0.6) is 0 Å². The van der Waals surface area contributed by atoms with Gasteiger partial charge >= 0.3 is 0 Å². The lowest BCUT2D eigenvalue weighted by atomic mass is 10.1. The topological polar surface area (TPSA) is 57.6 Å². The smallest absolute Gasteiger partial charge is 0.258 e. The molecule has 0 aromatic carbocycles. The van der Waals surface area contributed by atoms with Crippen LogP contribution in [-0.4, -0.2) is 34.5 Å². The molecule has 0 spiro atoms. The fourth-order valence-electron chi connectivity index (χ4n) is 2.30. The average molecular weight is 255 g/mol. The van der Waals surface area contributed by atoms with Crippen molar-refractivity contribution in [3.8, 4) is 0 Å². The van der Waals surface area contributed by atoms with Crippen molar-refractivity contribution in [2.45, 2.75) is 70.8 Å². The van der Waals surface area contributed by atoms with Crippen molar-refractivity contribution in [1.29, 1.82) is 0 Å². The van der Waals surface area contributed by atoms with E-state index in [1.165, 1.54) is 43.4 Å². The maximum atomic E-state index is 11.4. The summed E-state index contributed by atoms with van der Waals surface area (Å²) in [6.45, 7) is 2.68. The largest absolute Gasteiger partial charge is 0.383 e. The number of unbranched alkanes of at least 4 members (excludes halogenated alkanes) is 7. The number of rotatable bonds is 9. The van der Waals surface area contributed by atoms with Crippen LogP contribution in [0.25, 0.3) is 0 Å². The summed E-state index contributed by atoms with van der Waals surface area (Å²) in [5.74, 6) is -0.640. The van der Waals surface area contributed by atoms with Crippen LogP contribution in [0.3, 0.4) is 0 Å². The van der Waals surface area contributed by atoms with Gasteiger partial charge in [-0.3, -0.25) is 14.5 Å². The highest BCUT2D eigenvalue weighted by atomic mass is 16.3. The lowest BCUT2D eigenvalue weighted by Crippen LogP contribution is -2.32. The van der Waals surface area contributed by atoms with Crippen molar-refractivity contribution < 1.29 is 14.7 Å². The molecule has 1 aliphatic rings. The highest BCUT2D eigenvalue weighted by Gasteiger charge is 2.36. The SMILES string of the molecule is CCCCCCCCCCN1C(=O)CC(O)C1=O. The molecule has 1 fully saturated rings. The van der Waals surface area contributed by atoms with Crippen molar-refractivity contribution in [3.05, 3.63) is 0 Å². The van der Waals surface area contributed by atoms with Crippen molar-refractivity contribution >= 4 is 11.8 Å². The number of aliphatic hydroxyl groups is 1. The first-order chi connectivity index (χ1) is 8.66. The predicted octanol–water partition coefficient (Wildman–Crippen LogP) is 2.25. The number of imide groups is 1. The first-order valence-electron chi connectivity index (χ1n) is 7.19. The molecular weight excluding hydrogens is 230 g/mol. The molecule has 0 radical (unpaired) electrons. The molecule has 0 aromatic rings. The predicted molar refractivity (Wildman–Crippen MR) is 70.0 cm³/mol. The quantitative estimate of drug-likeness (QED) is 0.508. The summed E-state index contributed by atoms with van der Waals surface area (Å²) in [5, 5.41) is 9.25. The lowest BCUT2D eigenvalue weighted by molar-refractivity contribution is -0.140. The molecule has 4 heteroatoms. The summed E-state index contributed by atoms with van der Waals surface area (Å²) in [4.78, 5) is 24.0. The monoisotopic (exact) mass is 255 g/mol. The third-order valence-electron chi connectivity index (χ3n) is 3.46. The van der Waals surface area contributed by atoms with Gasteiger partial charge in [0, 0.05) is 6.54 Å². The van der Waals surface area contributed by atoms with Gasteiger partial charge in [-0.15, -0.1) is 0 Å².